The van der Waals surface area contributed by atoms with E-state index in [2.05, 4.69) is 11.6 Å². The van der Waals surface area contributed by atoms with Crippen LogP contribution in [0.2, 0.25) is 0 Å². The van der Waals surface area contributed by atoms with Crippen LogP contribution in [0.5, 0.6) is 0 Å². The number of carbonyl (C=O) groups is 1. The first-order chi connectivity index (χ1) is 11.4. The van der Waals surface area contributed by atoms with E-state index in [1.807, 2.05) is 0 Å². The molecule has 0 atom stereocenters. The van der Waals surface area contributed by atoms with Gasteiger partial charge in [0.25, 0.3) is 0 Å². The van der Waals surface area contributed by atoms with E-state index in [0.717, 1.165) is 19.3 Å². The molecule has 0 bridgehead atoms. The Bertz CT molecular complexity index is 626. The highest BCUT2D eigenvalue weighted by Crippen LogP contribution is 2.16. The molecule has 1 aromatic rings. The van der Waals surface area contributed by atoms with Gasteiger partial charge in [-0.25, -0.2) is 17.9 Å². The maximum absolute atomic E-state index is 12.2. The first kappa shape index (κ1) is 20.6. The lowest BCUT2D eigenvalue weighted by atomic mass is 10.1. The number of carboxylic acid groups (broad SMARTS) is 1. The average molecular weight is 356 g/mol. The summed E-state index contributed by atoms with van der Waals surface area (Å²) in [4.78, 5) is 11.1. The van der Waals surface area contributed by atoms with Crippen LogP contribution >= 0.6 is 0 Å². The summed E-state index contributed by atoms with van der Waals surface area (Å²) in [5.74, 6) is -1.12. The minimum Gasteiger partial charge on any atom is -0.478 e. The van der Waals surface area contributed by atoms with Gasteiger partial charge in [-0.3, -0.25) is 0 Å². The van der Waals surface area contributed by atoms with Gasteiger partial charge in [0.1, 0.15) is 0 Å². The van der Waals surface area contributed by atoms with Crippen molar-refractivity contribution in [1.29, 1.82) is 0 Å². The van der Waals surface area contributed by atoms with Gasteiger partial charge in [0.2, 0.25) is 10.0 Å². The molecule has 1 aromatic carbocycles. The third-order valence-corrected chi connectivity index (χ3v) is 5.53. The monoisotopic (exact) mass is 355 g/mol. The molecule has 0 aliphatic carbocycles. The van der Waals surface area contributed by atoms with E-state index in [0.29, 0.717) is 12.1 Å². The van der Waals surface area contributed by atoms with Crippen molar-refractivity contribution in [3.05, 3.63) is 29.3 Å². The van der Waals surface area contributed by atoms with E-state index in [1.165, 1.54) is 50.3 Å². The Labute approximate surface area is 145 Å². The van der Waals surface area contributed by atoms with E-state index < -0.39 is 16.0 Å². The zero-order valence-corrected chi connectivity index (χ0v) is 15.5. The van der Waals surface area contributed by atoms with Gasteiger partial charge in [-0.1, -0.05) is 57.9 Å². The smallest absolute Gasteiger partial charge is 0.335 e. The number of carboxylic acids is 1. The Kier molecular flexibility index (Phi) is 9.00. The zero-order chi connectivity index (χ0) is 18.0. The SMILES string of the molecule is CCCCCCCCCCNS(=O)(=O)c1ccc(C)c(C(=O)O)c1. The second-order valence-corrected chi connectivity index (χ2v) is 7.92. The van der Waals surface area contributed by atoms with Crippen LogP contribution in [0.25, 0.3) is 0 Å². The minimum absolute atomic E-state index is 0.00469. The molecule has 0 saturated heterocycles. The topological polar surface area (TPSA) is 83.5 Å². The van der Waals surface area contributed by atoms with E-state index in [1.54, 1.807) is 6.92 Å². The molecule has 0 heterocycles. The van der Waals surface area contributed by atoms with Crippen LogP contribution in [0.4, 0.5) is 0 Å². The fourth-order valence-electron chi connectivity index (χ4n) is 2.55. The van der Waals surface area contributed by atoms with Gasteiger partial charge < -0.3 is 5.11 Å². The van der Waals surface area contributed by atoms with Gasteiger partial charge in [0.15, 0.2) is 0 Å². The van der Waals surface area contributed by atoms with Crippen LogP contribution in [-0.4, -0.2) is 26.0 Å². The fraction of sp³-hybridized carbons (Fsp3) is 0.611. The summed E-state index contributed by atoms with van der Waals surface area (Å²) in [6.07, 6.45) is 9.18. The van der Waals surface area contributed by atoms with Gasteiger partial charge >= 0.3 is 5.97 Å². The summed E-state index contributed by atoms with van der Waals surface area (Å²) >= 11 is 0. The molecule has 0 aromatic heterocycles. The number of aryl methyl sites for hydroxylation is 1. The molecule has 0 radical (unpaired) electrons. The van der Waals surface area contributed by atoms with E-state index in [-0.39, 0.29) is 10.5 Å². The molecule has 136 valence electrons. The second kappa shape index (κ2) is 10.5. The summed E-state index contributed by atoms with van der Waals surface area (Å²) < 4.78 is 27.0. The van der Waals surface area contributed by atoms with Gasteiger partial charge in [0.05, 0.1) is 10.5 Å². The molecule has 0 spiro atoms. The number of unbranched alkanes of at least 4 members (excludes halogenated alkanes) is 7. The van der Waals surface area contributed by atoms with Crippen molar-refractivity contribution in [3.8, 4) is 0 Å². The number of rotatable bonds is 12. The number of benzene rings is 1. The zero-order valence-electron chi connectivity index (χ0n) is 14.7. The molecule has 2 N–H and O–H groups in total. The predicted molar refractivity (Wildman–Crippen MR) is 95.9 cm³/mol. The molecular formula is C18H29NO4S. The molecule has 1 rings (SSSR count). The van der Waals surface area contributed by atoms with Crippen LogP contribution in [-0.2, 0) is 10.0 Å². The third kappa shape index (κ3) is 7.01. The van der Waals surface area contributed by atoms with Crippen LogP contribution in [0.1, 0.15) is 74.2 Å². The Balaban J connectivity index is 2.39. The molecule has 0 amide bonds. The van der Waals surface area contributed by atoms with Gasteiger partial charge in [-0.2, -0.15) is 0 Å². The molecule has 0 aliphatic rings. The number of hydrogen-bond acceptors (Lipinski definition) is 3. The van der Waals surface area contributed by atoms with Crippen molar-refractivity contribution in [2.24, 2.45) is 0 Å². The first-order valence-corrected chi connectivity index (χ1v) is 10.2. The molecular weight excluding hydrogens is 326 g/mol. The Morgan fingerprint density at radius 2 is 1.62 bits per heavy atom. The lowest BCUT2D eigenvalue weighted by Gasteiger charge is -2.09. The first-order valence-electron chi connectivity index (χ1n) is 8.72. The number of hydrogen-bond donors (Lipinski definition) is 2. The molecule has 6 heteroatoms. The van der Waals surface area contributed by atoms with Crippen LogP contribution in [0.3, 0.4) is 0 Å². The van der Waals surface area contributed by atoms with Crippen molar-refractivity contribution >= 4 is 16.0 Å². The Hall–Kier alpha value is -1.40. The normalized spacial score (nSPS) is 11.6. The average Bonchev–Trinajstić information content (AvgIpc) is 2.53. The Morgan fingerprint density at radius 1 is 1.04 bits per heavy atom. The highest BCUT2D eigenvalue weighted by molar-refractivity contribution is 7.89. The van der Waals surface area contributed by atoms with Crippen LogP contribution in [0, 0.1) is 6.92 Å². The third-order valence-electron chi connectivity index (χ3n) is 4.07. The van der Waals surface area contributed by atoms with E-state index in [4.69, 9.17) is 5.11 Å². The maximum atomic E-state index is 12.2. The number of aromatic carboxylic acids is 1. The van der Waals surface area contributed by atoms with Crippen molar-refractivity contribution in [2.45, 2.75) is 70.1 Å². The quantitative estimate of drug-likeness (QED) is 0.553. The molecule has 0 fully saturated rings. The second-order valence-electron chi connectivity index (χ2n) is 6.15. The minimum atomic E-state index is -3.65. The van der Waals surface area contributed by atoms with Gasteiger partial charge in [0, 0.05) is 6.54 Å². The van der Waals surface area contributed by atoms with Crippen LogP contribution < -0.4 is 4.72 Å². The predicted octanol–water partition coefficient (Wildman–Crippen LogP) is 4.11. The molecule has 0 aliphatic heterocycles. The molecule has 24 heavy (non-hydrogen) atoms. The number of sulfonamides is 1. The van der Waals surface area contributed by atoms with Gasteiger partial charge in [-0.05, 0) is 31.0 Å². The Morgan fingerprint density at radius 3 is 2.21 bits per heavy atom. The number of nitrogens with one attached hydrogen (secondary N) is 1. The van der Waals surface area contributed by atoms with Crippen molar-refractivity contribution < 1.29 is 18.3 Å². The van der Waals surface area contributed by atoms with Crippen molar-refractivity contribution in [3.63, 3.8) is 0 Å². The van der Waals surface area contributed by atoms with E-state index >= 15 is 0 Å². The fourth-order valence-corrected chi connectivity index (χ4v) is 3.65. The lowest BCUT2D eigenvalue weighted by Crippen LogP contribution is -2.25. The largest absolute Gasteiger partial charge is 0.478 e. The highest BCUT2D eigenvalue weighted by atomic mass is 32.2. The molecule has 0 saturated carbocycles. The highest BCUT2D eigenvalue weighted by Gasteiger charge is 2.17. The van der Waals surface area contributed by atoms with Crippen molar-refractivity contribution in [2.75, 3.05) is 6.54 Å². The summed E-state index contributed by atoms with van der Waals surface area (Å²) in [6, 6.07) is 4.18. The van der Waals surface area contributed by atoms with Gasteiger partial charge in [-0.15, -0.1) is 0 Å². The summed E-state index contributed by atoms with van der Waals surface area (Å²) in [5, 5.41) is 9.09. The molecule has 0 unspecified atom stereocenters. The maximum Gasteiger partial charge on any atom is 0.335 e. The summed E-state index contributed by atoms with van der Waals surface area (Å²) in [7, 11) is -3.65. The molecule has 5 nitrogen and oxygen atoms in total. The summed E-state index contributed by atoms with van der Waals surface area (Å²) in [5.41, 5.74) is 0.564. The summed E-state index contributed by atoms with van der Waals surface area (Å²) in [6.45, 7) is 4.22. The van der Waals surface area contributed by atoms with Crippen LogP contribution in [0.15, 0.2) is 23.1 Å². The van der Waals surface area contributed by atoms with Crippen molar-refractivity contribution in [1.82, 2.24) is 4.72 Å². The standard InChI is InChI=1S/C18H29NO4S/c1-3-4-5-6-7-8-9-10-13-19-24(22,23)16-12-11-15(2)17(14-16)18(20)21/h11-12,14,19H,3-10,13H2,1-2H3,(H,20,21). The lowest BCUT2D eigenvalue weighted by molar-refractivity contribution is 0.0696. The van der Waals surface area contributed by atoms with E-state index in [9.17, 15) is 13.2 Å².